The lowest BCUT2D eigenvalue weighted by atomic mass is 9.65. The number of fused-ring (bicyclic) bond motifs is 13. The molecular formula is C50H30N4. The fraction of sp³-hybridized carbons (Fsp3) is 0.0200. The van der Waals surface area contributed by atoms with Crippen molar-refractivity contribution in [3.63, 3.8) is 0 Å². The number of nitrogens with zero attached hydrogens (tertiary/aromatic N) is 4. The van der Waals surface area contributed by atoms with Crippen LogP contribution in [0.4, 0.5) is 0 Å². The van der Waals surface area contributed by atoms with E-state index in [1.165, 1.54) is 60.9 Å². The molecule has 0 radical (unpaired) electrons. The number of benzene rings is 8. The van der Waals surface area contributed by atoms with E-state index in [9.17, 15) is 0 Å². The summed E-state index contributed by atoms with van der Waals surface area (Å²) in [6.07, 6.45) is 0. The van der Waals surface area contributed by atoms with E-state index in [0.717, 1.165) is 27.5 Å². The van der Waals surface area contributed by atoms with Gasteiger partial charge in [0, 0.05) is 27.5 Å². The van der Waals surface area contributed by atoms with Crippen molar-refractivity contribution in [3.8, 4) is 51.0 Å². The number of hydrogen-bond acceptors (Lipinski definition) is 3. The van der Waals surface area contributed by atoms with Crippen molar-refractivity contribution in [3.05, 3.63) is 204 Å². The van der Waals surface area contributed by atoms with Gasteiger partial charge in [-0.3, -0.25) is 0 Å². The molecule has 10 aromatic rings. The topological polar surface area (TPSA) is 43.6 Å². The van der Waals surface area contributed by atoms with Gasteiger partial charge in [-0.05, 0) is 56.3 Å². The minimum atomic E-state index is -0.559. The highest BCUT2D eigenvalue weighted by Crippen LogP contribution is 2.62. The standard InChI is InChI=1S/C50H30N4/c1-2-16-32(17-3-1)47-51-48(36-23-12-18-31-15-4-5-19-33(31)36)53-49(52-47)38-24-14-27-41-45(38)37-21-6-8-25-39(37)50(41)40-26-9-11-30-44(40)54-43-29-10-7-20-34(43)35-22-13-28-42(50)46(35)54/h1-30H. The Morgan fingerprint density at radius 2 is 0.944 bits per heavy atom. The Balaban J connectivity index is 1.20. The molecule has 12 rings (SSSR count). The van der Waals surface area contributed by atoms with E-state index in [4.69, 9.17) is 15.0 Å². The molecule has 4 heteroatoms. The summed E-state index contributed by atoms with van der Waals surface area (Å²) in [6.45, 7) is 0. The first-order valence-electron chi connectivity index (χ1n) is 18.5. The van der Waals surface area contributed by atoms with Crippen molar-refractivity contribution in [2.75, 3.05) is 0 Å². The second kappa shape index (κ2) is 10.9. The molecule has 1 unspecified atom stereocenters. The van der Waals surface area contributed by atoms with Gasteiger partial charge in [0.1, 0.15) is 0 Å². The van der Waals surface area contributed by atoms with E-state index in [1.807, 2.05) is 18.2 Å². The van der Waals surface area contributed by atoms with E-state index in [-0.39, 0.29) is 0 Å². The molecule has 54 heavy (non-hydrogen) atoms. The second-order valence-corrected chi connectivity index (χ2v) is 14.3. The van der Waals surface area contributed by atoms with Gasteiger partial charge >= 0.3 is 0 Å². The number of rotatable bonds is 3. The summed E-state index contributed by atoms with van der Waals surface area (Å²) >= 11 is 0. The Bertz CT molecular complexity index is 3170. The Kier molecular flexibility index (Phi) is 5.95. The molecule has 2 aromatic heterocycles. The summed E-state index contributed by atoms with van der Waals surface area (Å²) < 4.78 is 2.49. The van der Waals surface area contributed by atoms with Crippen LogP contribution >= 0.6 is 0 Å². The van der Waals surface area contributed by atoms with Gasteiger partial charge in [-0.2, -0.15) is 0 Å². The van der Waals surface area contributed by atoms with Crippen LogP contribution in [0.25, 0.3) is 83.6 Å². The molecule has 1 aliphatic carbocycles. The molecule has 0 fully saturated rings. The van der Waals surface area contributed by atoms with Gasteiger partial charge in [-0.15, -0.1) is 0 Å². The first-order chi connectivity index (χ1) is 26.8. The molecule has 4 nitrogen and oxygen atoms in total. The number of para-hydroxylation sites is 3. The SMILES string of the molecule is c1ccc(-c2nc(-c3cccc4c3-c3ccccc3C43c4ccccc4-n4c5ccccc5c5cccc3c54)nc(-c3cccc4ccccc34)n2)cc1. The maximum Gasteiger partial charge on any atom is 0.164 e. The Labute approximate surface area is 311 Å². The molecule has 2 aliphatic rings. The van der Waals surface area contributed by atoms with Crippen molar-refractivity contribution in [2.45, 2.75) is 5.41 Å². The van der Waals surface area contributed by atoms with Gasteiger partial charge in [-0.1, -0.05) is 170 Å². The van der Waals surface area contributed by atoms with E-state index in [2.05, 4.69) is 168 Å². The minimum Gasteiger partial charge on any atom is -0.309 e. The molecule has 0 saturated carbocycles. The number of hydrogen-bond donors (Lipinski definition) is 0. The molecule has 1 aliphatic heterocycles. The normalized spacial score (nSPS) is 15.1. The lowest BCUT2D eigenvalue weighted by molar-refractivity contribution is 0.748. The van der Waals surface area contributed by atoms with E-state index in [1.54, 1.807) is 0 Å². The zero-order valence-corrected chi connectivity index (χ0v) is 29.1. The fourth-order valence-corrected chi connectivity index (χ4v) is 9.55. The van der Waals surface area contributed by atoms with Gasteiger partial charge in [0.2, 0.25) is 0 Å². The zero-order chi connectivity index (χ0) is 35.4. The van der Waals surface area contributed by atoms with Gasteiger partial charge < -0.3 is 4.57 Å². The lowest BCUT2D eigenvalue weighted by Gasteiger charge is -2.39. The Morgan fingerprint density at radius 1 is 0.370 bits per heavy atom. The van der Waals surface area contributed by atoms with Crippen LogP contribution < -0.4 is 0 Å². The van der Waals surface area contributed by atoms with Gasteiger partial charge in [0.25, 0.3) is 0 Å². The van der Waals surface area contributed by atoms with Crippen LogP contribution in [-0.2, 0) is 5.41 Å². The maximum absolute atomic E-state index is 5.35. The van der Waals surface area contributed by atoms with Gasteiger partial charge in [0.15, 0.2) is 17.5 Å². The summed E-state index contributed by atoms with van der Waals surface area (Å²) in [7, 11) is 0. The average Bonchev–Trinajstić information content (AvgIpc) is 3.74. The maximum atomic E-state index is 5.35. The number of aromatic nitrogens is 4. The third-order valence-corrected chi connectivity index (χ3v) is 11.7. The van der Waals surface area contributed by atoms with E-state index < -0.39 is 5.41 Å². The lowest BCUT2D eigenvalue weighted by Crippen LogP contribution is -2.33. The highest BCUT2D eigenvalue weighted by Gasteiger charge is 2.51. The summed E-state index contributed by atoms with van der Waals surface area (Å²) in [5.41, 5.74) is 13.5. The second-order valence-electron chi connectivity index (χ2n) is 14.3. The van der Waals surface area contributed by atoms with Crippen LogP contribution in [0, 0.1) is 0 Å². The van der Waals surface area contributed by atoms with Gasteiger partial charge in [0.05, 0.1) is 22.1 Å². The Hall–Kier alpha value is -7.17. The molecule has 0 saturated heterocycles. The smallest absolute Gasteiger partial charge is 0.164 e. The van der Waals surface area contributed by atoms with Crippen LogP contribution in [-0.4, -0.2) is 19.5 Å². The molecule has 3 heterocycles. The molecule has 0 bridgehead atoms. The van der Waals surface area contributed by atoms with Crippen molar-refractivity contribution in [1.29, 1.82) is 0 Å². The van der Waals surface area contributed by atoms with Crippen LogP contribution in [0.15, 0.2) is 182 Å². The van der Waals surface area contributed by atoms with Crippen LogP contribution in [0.3, 0.4) is 0 Å². The zero-order valence-electron chi connectivity index (χ0n) is 29.1. The predicted octanol–water partition coefficient (Wildman–Crippen LogP) is 11.8. The van der Waals surface area contributed by atoms with Crippen molar-refractivity contribution in [1.82, 2.24) is 19.5 Å². The quantitative estimate of drug-likeness (QED) is 0.186. The first-order valence-corrected chi connectivity index (χ1v) is 18.5. The molecular weight excluding hydrogens is 657 g/mol. The molecule has 8 aromatic carbocycles. The van der Waals surface area contributed by atoms with Crippen molar-refractivity contribution >= 4 is 32.6 Å². The van der Waals surface area contributed by atoms with Crippen molar-refractivity contribution in [2.24, 2.45) is 0 Å². The van der Waals surface area contributed by atoms with E-state index >= 15 is 0 Å². The van der Waals surface area contributed by atoms with Crippen LogP contribution in [0.5, 0.6) is 0 Å². The third kappa shape index (κ3) is 3.79. The first kappa shape index (κ1) is 29.4. The fourth-order valence-electron chi connectivity index (χ4n) is 9.55. The highest BCUT2D eigenvalue weighted by atomic mass is 15.0. The predicted molar refractivity (Wildman–Crippen MR) is 219 cm³/mol. The molecule has 0 amide bonds. The summed E-state index contributed by atoms with van der Waals surface area (Å²) in [5.74, 6) is 1.97. The monoisotopic (exact) mass is 686 g/mol. The molecule has 0 N–H and O–H groups in total. The largest absolute Gasteiger partial charge is 0.309 e. The Morgan fingerprint density at radius 3 is 1.85 bits per heavy atom. The van der Waals surface area contributed by atoms with Gasteiger partial charge in [-0.25, -0.2) is 15.0 Å². The molecule has 1 atom stereocenters. The summed E-state index contributed by atoms with van der Waals surface area (Å²) in [5, 5.41) is 4.79. The van der Waals surface area contributed by atoms with Crippen molar-refractivity contribution < 1.29 is 0 Å². The molecule has 1 spiro atoms. The average molecular weight is 687 g/mol. The summed E-state index contributed by atoms with van der Waals surface area (Å²) in [6, 6.07) is 65.4. The van der Waals surface area contributed by atoms with Crippen LogP contribution in [0.1, 0.15) is 22.3 Å². The van der Waals surface area contributed by atoms with E-state index in [0.29, 0.717) is 17.5 Å². The highest BCUT2D eigenvalue weighted by molar-refractivity contribution is 6.13. The summed E-state index contributed by atoms with van der Waals surface area (Å²) in [4.78, 5) is 15.8. The molecule has 250 valence electrons. The minimum absolute atomic E-state index is 0.559. The van der Waals surface area contributed by atoms with Crippen LogP contribution in [0.2, 0.25) is 0 Å². The third-order valence-electron chi connectivity index (χ3n) is 11.7.